The van der Waals surface area contributed by atoms with Crippen molar-refractivity contribution in [3.63, 3.8) is 0 Å². The van der Waals surface area contributed by atoms with Crippen LogP contribution in [0.25, 0.3) is 0 Å². The number of nitro benzene ring substituents is 1. The predicted molar refractivity (Wildman–Crippen MR) is 116 cm³/mol. The van der Waals surface area contributed by atoms with Crippen molar-refractivity contribution < 1.29 is 14.5 Å². The number of hydrogen-bond acceptors (Lipinski definition) is 6. The van der Waals surface area contributed by atoms with Crippen molar-refractivity contribution in [3.05, 3.63) is 63.7 Å². The molecule has 2 aromatic carbocycles. The summed E-state index contributed by atoms with van der Waals surface area (Å²) < 4.78 is 5.75. The van der Waals surface area contributed by atoms with Crippen molar-refractivity contribution in [2.45, 2.75) is 6.92 Å². The lowest BCUT2D eigenvalue weighted by Crippen LogP contribution is -2.44. The number of carbonyl (C=O) groups is 1. The van der Waals surface area contributed by atoms with Crippen LogP contribution in [-0.4, -0.2) is 74.1 Å². The molecule has 2 aromatic rings. The van der Waals surface area contributed by atoms with Gasteiger partial charge in [-0.3, -0.25) is 14.9 Å². The molecule has 3 rings (SSSR count). The fraction of sp³-hybridized carbons (Fsp3) is 0.409. The number of benzene rings is 2. The van der Waals surface area contributed by atoms with Gasteiger partial charge in [0.2, 0.25) is 0 Å². The maximum Gasteiger partial charge on any atom is 0.293 e. The van der Waals surface area contributed by atoms with Crippen LogP contribution in [-0.2, 0) is 0 Å². The molecule has 0 aliphatic carbocycles. The molecule has 1 aliphatic heterocycles. The van der Waals surface area contributed by atoms with Gasteiger partial charge in [-0.2, -0.15) is 0 Å². The van der Waals surface area contributed by atoms with Gasteiger partial charge in [-0.15, -0.1) is 0 Å². The second-order valence-corrected chi connectivity index (χ2v) is 7.59. The van der Waals surface area contributed by atoms with E-state index in [0.29, 0.717) is 24.4 Å². The minimum atomic E-state index is -0.411. The Labute approximate surface area is 176 Å². The summed E-state index contributed by atoms with van der Waals surface area (Å²) >= 11 is 0. The van der Waals surface area contributed by atoms with Gasteiger partial charge in [-0.25, -0.2) is 0 Å². The second-order valence-electron chi connectivity index (χ2n) is 7.59. The predicted octanol–water partition coefficient (Wildman–Crippen LogP) is 2.81. The molecule has 0 bridgehead atoms. The van der Waals surface area contributed by atoms with Gasteiger partial charge in [0.25, 0.3) is 11.6 Å². The van der Waals surface area contributed by atoms with E-state index in [1.807, 2.05) is 43.1 Å². The van der Waals surface area contributed by atoms with E-state index < -0.39 is 4.92 Å². The summed E-state index contributed by atoms with van der Waals surface area (Å²) in [5.74, 6) is 0.516. The number of rotatable bonds is 7. The maximum atomic E-state index is 12.8. The third-order valence-electron chi connectivity index (χ3n) is 5.39. The molecule has 1 aliphatic rings. The van der Waals surface area contributed by atoms with Crippen LogP contribution in [0.5, 0.6) is 5.75 Å². The molecular weight excluding hydrogens is 384 g/mol. The summed E-state index contributed by atoms with van der Waals surface area (Å²) in [6.45, 7) is 5.82. The first kappa shape index (κ1) is 21.6. The number of nitrogens with zero attached hydrogens (tertiary/aromatic N) is 4. The van der Waals surface area contributed by atoms with Gasteiger partial charge in [0, 0.05) is 44.9 Å². The number of carbonyl (C=O) groups excluding carboxylic acids is 1. The van der Waals surface area contributed by atoms with E-state index in [0.717, 1.165) is 37.5 Å². The van der Waals surface area contributed by atoms with Crippen LogP contribution in [0.15, 0.2) is 42.5 Å². The van der Waals surface area contributed by atoms with E-state index in [9.17, 15) is 14.9 Å². The average molecular weight is 412 g/mol. The molecule has 0 N–H and O–H groups in total. The van der Waals surface area contributed by atoms with Gasteiger partial charge < -0.3 is 19.4 Å². The van der Waals surface area contributed by atoms with Crippen LogP contribution < -0.4 is 9.64 Å². The summed E-state index contributed by atoms with van der Waals surface area (Å²) in [5.41, 5.74) is 1.87. The Kier molecular flexibility index (Phi) is 6.89. The Morgan fingerprint density at radius 3 is 2.53 bits per heavy atom. The van der Waals surface area contributed by atoms with Crippen LogP contribution in [0.4, 0.5) is 11.4 Å². The van der Waals surface area contributed by atoms with Crippen molar-refractivity contribution in [2.75, 3.05) is 58.3 Å². The van der Waals surface area contributed by atoms with E-state index >= 15 is 0 Å². The molecule has 0 saturated carbocycles. The number of ether oxygens (including phenoxy) is 1. The van der Waals surface area contributed by atoms with Gasteiger partial charge in [0.1, 0.15) is 18.0 Å². The third kappa shape index (κ3) is 5.07. The van der Waals surface area contributed by atoms with E-state index in [1.165, 1.54) is 11.0 Å². The highest BCUT2D eigenvalue weighted by Crippen LogP contribution is 2.30. The molecule has 0 radical (unpaired) electrons. The average Bonchev–Trinajstić information content (AvgIpc) is 2.74. The first-order valence-corrected chi connectivity index (χ1v) is 10.0. The van der Waals surface area contributed by atoms with Gasteiger partial charge in [-0.05, 0) is 37.7 Å². The van der Waals surface area contributed by atoms with E-state index in [2.05, 4.69) is 4.90 Å². The Hall–Kier alpha value is -3.13. The lowest BCUT2D eigenvalue weighted by Gasteiger charge is -2.33. The number of anilines is 1. The standard InChI is InChI=1S/C22H28N4O4/c1-17-6-4-5-7-21(17)30-15-14-24(3)22(27)18-8-9-19(20(16-18)26(28)29)25-12-10-23(2)11-13-25/h4-9,16H,10-15H2,1-3H3. The first-order valence-electron chi connectivity index (χ1n) is 10.0. The fourth-order valence-corrected chi connectivity index (χ4v) is 3.45. The molecule has 0 aromatic heterocycles. The Morgan fingerprint density at radius 1 is 1.17 bits per heavy atom. The number of piperazine rings is 1. The largest absolute Gasteiger partial charge is 0.491 e. The monoisotopic (exact) mass is 412 g/mol. The minimum Gasteiger partial charge on any atom is -0.491 e. The Balaban J connectivity index is 1.66. The molecule has 0 spiro atoms. The van der Waals surface area contributed by atoms with Gasteiger partial charge in [0.05, 0.1) is 11.5 Å². The molecule has 0 atom stereocenters. The lowest BCUT2D eigenvalue weighted by molar-refractivity contribution is -0.384. The topological polar surface area (TPSA) is 79.2 Å². The van der Waals surface area contributed by atoms with Crippen molar-refractivity contribution in [2.24, 2.45) is 0 Å². The zero-order valence-electron chi connectivity index (χ0n) is 17.7. The highest BCUT2D eigenvalue weighted by atomic mass is 16.6. The second kappa shape index (κ2) is 9.58. The molecule has 1 amide bonds. The highest BCUT2D eigenvalue weighted by molar-refractivity contribution is 5.95. The summed E-state index contributed by atoms with van der Waals surface area (Å²) in [7, 11) is 3.70. The number of amides is 1. The van der Waals surface area contributed by atoms with Crippen molar-refractivity contribution in [1.82, 2.24) is 9.80 Å². The van der Waals surface area contributed by atoms with Crippen LogP contribution >= 0.6 is 0 Å². The number of likely N-dealkylation sites (N-methyl/N-ethyl adjacent to an activating group) is 2. The zero-order chi connectivity index (χ0) is 21.7. The summed E-state index contributed by atoms with van der Waals surface area (Å²) in [4.78, 5) is 29.7. The normalized spacial score (nSPS) is 14.4. The molecule has 1 fully saturated rings. The third-order valence-corrected chi connectivity index (χ3v) is 5.39. The van der Waals surface area contributed by atoms with Crippen LogP contribution in [0.1, 0.15) is 15.9 Å². The van der Waals surface area contributed by atoms with Crippen LogP contribution in [0.2, 0.25) is 0 Å². The van der Waals surface area contributed by atoms with Crippen LogP contribution in [0, 0.1) is 17.0 Å². The number of nitro groups is 1. The summed E-state index contributed by atoms with van der Waals surface area (Å²) in [6.07, 6.45) is 0. The zero-order valence-corrected chi connectivity index (χ0v) is 17.7. The van der Waals surface area contributed by atoms with Crippen molar-refractivity contribution >= 4 is 17.3 Å². The molecule has 1 heterocycles. The number of para-hydroxylation sites is 1. The molecule has 160 valence electrons. The molecule has 0 unspecified atom stereocenters. The lowest BCUT2D eigenvalue weighted by atomic mass is 10.1. The van der Waals surface area contributed by atoms with E-state index in [4.69, 9.17) is 4.74 Å². The molecule has 8 nitrogen and oxygen atoms in total. The SMILES string of the molecule is Cc1ccccc1OCCN(C)C(=O)c1ccc(N2CCN(C)CC2)c([N+](=O)[O-])c1. The summed E-state index contributed by atoms with van der Waals surface area (Å²) in [6, 6.07) is 12.4. The Bertz CT molecular complexity index is 910. The molecular formula is C22H28N4O4. The van der Waals surface area contributed by atoms with E-state index in [1.54, 1.807) is 19.2 Å². The molecule has 8 heteroatoms. The first-order chi connectivity index (χ1) is 14.4. The molecule has 1 saturated heterocycles. The number of hydrogen-bond donors (Lipinski definition) is 0. The van der Waals surface area contributed by atoms with Gasteiger partial charge in [-0.1, -0.05) is 18.2 Å². The Morgan fingerprint density at radius 2 is 1.87 bits per heavy atom. The minimum absolute atomic E-state index is 0.0324. The van der Waals surface area contributed by atoms with Crippen molar-refractivity contribution in [3.8, 4) is 5.75 Å². The fourth-order valence-electron chi connectivity index (χ4n) is 3.45. The van der Waals surface area contributed by atoms with Gasteiger partial charge >= 0.3 is 0 Å². The van der Waals surface area contributed by atoms with Crippen molar-refractivity contribution in [1.29, 1.82) is 0 Å². The van der Waals surface area contributed by atoms with Crippen LogP contribution in [0.3, 0.4) is 0 Å². The summed E-state index contributed by atoms with van der Waals surface area (Å²) in [5, 5.41) is 11.7. The van der Waals surface area contributed by atoms with E-state index in [-0.39, 0.29) is 11.6 Å². The van der Waals surface area contributed by atoms with Gasteiger partial charge in [0.15, 0.2) is 0 Å². The smallest absolute Gasteiger partial charge is 0.293 e. The highest BCUT2D eigenvalue weighted by Gasteiger charge is 2.25. The quantitative estimate of drug-likeness (QED) is 0.514. The number of aryl methyl sites for hydroxylation is 1. The molecule has 30 heavy (non-hydrogen) atoms. The maximum absolute atomic E-state index is 12.8.